The van der Waals surface area contributed by atoms with Crippen molar-refractivity contribution in [2.24, 2.45) is 0 Å². The number of rotatable bonds is 2. The number of benzene rings is 1. The third-order valence-corrected chi connectivity index (χ3v) is 3.32. The Kier molecular flexibility index (Phi) is 3.02. The first-order valence-corrected chi connectivity index (χ1v) is 6.20. The summed E-state index contributed by atoms with van der Waals surface area (Å²) in [6, 6.07) is 7.53. The molecule has 0 radical (unpaired) electrons. The summed E-state index contributed by atoms with van der Waals surface area (Å²) in [4.78, 5) is 4.44. The van der Waals surface area contributed by atoms with Gasteiger partial charge in [-0.1, -0.05) is 5.16 Å². The predicted octanol–water partition coefficient (Wildman–Crippen LogP) is 2.42. The fourth-order valence-corrected chi connectivity index (χ4v) is 2.22. The summed E-state index contributed by atoms with van der Waals surface area (Å²) in [7, 11) is 0. The Labute approximate surface area is 110 Å². The molecule has 0 bridgehead atoms. The number of hydrogen-bond donors (Lipinski definition) is 0. The molecule has 1 atom stereocenters. The second kappa shape index (κ2) is 4.82. The van der Waals surface area contributed by atoms with Gasteiger partial charge in [0.05, 0.1) is 18.2 Å². The van der Waals surface area contributed by atoms with Gasteiger partial charge < -0.3 is 9.26 Å². The second-order valence-electron chi connectivity index (χ2n) is 4.66. The summed E-state index contributed by atoms with van der Waals surface area (Å²) < 4.78 is 10.6. The first-order valence-electron chi connectivity index (χ1n) is 6.20. The average Bonchev–Trinajstić information content (AvgIpc) is 3.09. The molecule has 0 spiro atoms. The van der Waals surface area contributed by atoms with Crippen molar-refractivity contribution in [2.75, 3.05) is 13.2 Å². The molecule has 3 rings (SSSR count). The maximum atomic E-state index is 8.86. The van der Waals surface area contributed by atoms with Crippen molar-refractivity contribution in [3.05, 3.63) is 35.2 Å². The average molecular weight is 255 g/mol. The molecular weight excluding hydrogens is 242 g/mol. The number of hydrogen-bond acceptors (Lipinski definition) is 5. The van der Waals surface area contributed by atoms with E-state index >= 15 is 0 Å². The zero-order chi connectivity index (χ0) is 13.2. The smallest absolute Gasteiger partial charge is 0.258 e. The minimum Gasteiger partial charge on any atom is -0.381 e. The van der Waals surface area contributed by atoms with Crippen LogP contribution in [-0.4, -0.2) is 23.4 Å². The molecule has 1 saturated heterocycles. The largest absolute Gasteiger partial charge is 0.381 e. The van der Waals surface area contributed by atoms with Crippen LogP contribution in [0.5, 0.6) is 0 Å². The molecule has 0 saturated carbocycles. The Morgan fingerprint density at radius 2 is 2.32 bits per heavy atom. The summed E-state index contributed by atoms with van der Waals surface area (Å²) >= 11 is 0. The van der Waals surface area contributed by atoms with Gasteiger partial charge in [0.1, 0.15) is 0 Å². The van der Waals surface area contributed by atoms with Gasteiger partial charge in [0.15, 0.2) is 5.82 Å². The Morgan fingerprint density at radius 1 is 1.42 bits per heavy atom. The van der Waals surface area contributed by atoms with E-state index < -0.39 is 0 Å². The van der Waals surface area contributed by atoms with E-state index in [4.69, 9.17) is 14.5 Å². The van der Waals surface area contributed by atoms with Crippen LogP contribution in [0, 0.1) is 18.3 Å². The molecule has 0 N–H and O–H groups in total. The molecule has 0 aliphatic carbocycles. The van der Waals surface area contributed by atoms with Gasteiger partial charge in [-0.3, -0.25) is 0 Å². The lowest BCUT2D eigenvalue weighted by Crippen LogP contribution is -1.99. The van der Waals surface area contributed by atoms with Crippen LogP contribution >= 0.6 is 0 Å². The van der Waals surface area contributed by atoms with Crippen LogP contribution in [-0.2, 0) is 4.74 Å². The highest BCUT2D eigenvalue weighted by atomic mass is 16.5. The molecular formula is C14H13N3O2. The summed E-state index contributed by atoms with van der Waals surface area (Å²) in [5.41, 5.74) is 2.46. The topological polar surface area (TPSA) is 71.9 Å². The molecule has 1 aromatic heterocycles. The van der Waals surface area contributed by atoms with Gasteiger partial charge in [0.2, 0.25) is 0 Å². The molecule has 19 heavy (non-hydrogen) atoms. The van der Waals surface area contributed by atoms with Crippen LogP contribution < -0.4 is 0 Å². The van der Waals surface area contributed by atoms with Gasteiger partial charge in [-0.15, -0.1) is 0 Å². The van der Waals surface area contributed by atoms with E-state index in [0.29, 0.717) is 23.9 Å². The van der Waals surface area contributed by atoms with Crippen molar-refractivity contribution >= 4 is 0 Å². The first kappa shape index (κ1) is 11.9. The molecule has 1 aliphatic rings. The fourth-order valence-electron chi connectivity index (χ4n) is 2.22. The minimum absolute atomic E-state index is 0.233. The summed E-state index contributed by atoms with van der Waals surface area (Å²) in [5, 5.41) is 12.9. The van der Waals surface area contributed by atoms with E-state index in [1.54, 1.807) is 6.07 Å². The molecule has 2 heterocycles. The van der Waals surface area contributed by atoms with Crippen LogP contribution in [0.1, 0.15) is 29.3 Å². The zero-order valence-electron chi connectivity index (χ0n) is 10.6. The summed E-state index contributed by atoms with van der Waals surface area (Å²) in [6.07, 6.45) is 0.936. The van der Waals surface area contributed by atoms with Crippen molar-refractivity contribution < 1.29 is 9.26 Å². The Morgan fingerprint density at radius 3 is 3.00 bits per heavy atom. The van der Waals surface area contributed by atoms with Gasteiger partial charge >= 0.3 is 0 Å². The molecule has 1 fully saturated rings. The van der Waals surface area contributed by atoms with Crippen molar-refractivity contribution in [3.63, 3.8) is 0 Å². The Balaban J connectivity index is 1.92. The van der Waals surface area contributed by atoms with Crippen molar-refractivity contribution in [1.82, 2.24) is 10.1 Å². The lowest BCUT2D eigenvalue weighted by atomic mass is 10.1. The van der Waals surface area contributed by atoms with Crippen LogP contribution in [0.15, 0.2) is 22.7 Å². The Hall–Kier alpha value is -2.19. The zero-order valence-corrected chi connectivity index (χ0v) is 10.6. The second-order valence-corrected chi connectivity index (χ2v) is 4.66. The van der Waals surface area contributed by atoms with Gasteiger partial charge in [0, 0.05) is 18.1 Å². The quantitative estimate of drug-likeness (QED) is 0.824. The van der Waals surface area contributed by atoms with Gasteiger partial charge in [-0.25, -0.2) is 0 Å². The molecule has 0 amide bonds. The molecule has 5 nitrogen and oxygen atoms in total. The third kappa shape index (κ3) is 2.23. The molecule has 1 unspecified atom stereocenters. The predicted molar refractivity (Wildman–Crippen MR) is 67.4 cm³/mol. The number of aromatic nitrogens is 2. The van der Waals surface area contributed by atoms with E-state index in [-0.39, 0.29) is 5.92 Å². The lowest BCUT2D eigenvalue weighted by Gasteiger charge is -2.00. The van der Waals surface area contributed by atoms with Gasteiger partial charge in [-0.2, -0.15) is 10.2 Å². The minimum atomic E-state index is 0.233. The summed E-state index contributed by atoms with van der Waals surface area (Å²) in [5.74, 6) is 1.44. The highest BCUT2D eigenvalue weighted by Gasteiger charge is 2.23. The van der Waals surface area contributed by atoms with E-state index in [1.165, 1.54) is 0 Å². The van der Waals surface area contributed by atoms with Crippen LogP contribution in [0.25, 0.3) is 11.5 Å². The first-order chi connectivity index (χ1) is 9.28. The van der Waals surface area contributed by atoms with Gasteiger partial charge in [-0.05, 0) is 37.1 Å². The normalized spacial score (nSPS) is 18.4. The van der Waals surface area contributed by atoms with Crippen molar-refractivity contribution in [2.45, 2.75) is 19.3 Å². The fraction of sp³-hybridized carbons (Fsp3) is 0.357. The lowest BCUT2D eigenvalue weighted by molar-refractivity contribution is 0.192. The van der Waals surface area contributed by atoms with Crippen LogP contribution in [0.2, 0.25) is 0 Å². The van der Waals surface area contributed by atoms with Crippen LogP contribution in [0.4, 0.5) is 0 Å². The highest BCUT2D eigenvalue weighted by Crippen LogP contribution is 2.27. The van der Waals surface area contributed by atoms with Crippen LogP contribution in [0.3, 0.4) is 0 Å². The van der Waals surface area contributed by atoms with Crippen molar-refractivity contribution in [1.29, 1.82) is 5.26 Å². The molecule has 1 aromatic carbocycles. The van der Waals surface area contributed by atoms with E-state index in [0.717, 1.165) is 24.2 Å². The van der Waals surface area contributed by atoms with E-state index in [2.05, 4.69) is 16.2 Å². The molecule has 5 heteroatoms. The van der Waals surface area contributed by atoms with Crippen molar-refractivity contribution in [3.8, 4) is 17.5 Å². The third-order valence-electron chi connectivity index (χ3n) is 3.32. The van der Waals surface area contributed by atoms with Gasteiger partial charge in [0.25, 0.3) is 5.89 Å². The highest BCUT2D eigenvalue weighted by molar-refractivity contribution is 5.60. The van der Waals surface area contributed by atoms with E-state index in [9.17, 15) is 0 Å². The number of ether oxygens (including phenoxy) is 1. The molecule has 96 valence electrons. The number of nitrogens with zero attached hydrogens (tertiary/aromatic N) is 3. The monoisotopic (exact) mass is 255 g/mol. The van der Waals surface area contributed by atoms with E-state index in [1.807, 2.05) is 19.1 Å². The maximum absolute atomic E-state index is 8.86. The maximum Gasteiger partial charge on any atom is 0.258 e. The SMILES string of the molecule is Cc1cc(C#N)ccc1-c1nc(C2CCOC2)no1. The number of nitriles is 1. The molecule has 1 aliphatic heterocycles. The summed E-state index contributed by atoms with van der Waals surface area (Å²) in [6.45, 7) is 3.34. The Bertz CT molecular complexity index is 636. The standard InChI is InChI=1S/C14H13N3O2/c1-9-6-10(7-15)2-3-12(9)14-16-13(17-19-14)11-4-5-18-8-11/h2-3,6,11H,4-5,8H2,1H3. The molecule has 2 aromatic rings. The number of aryl methyl sites for hydroxylation is 1.